The first-order chi connectivity index (χ1) is 6.52. The molecule has 0 aliphatic carbocycles. The van der Waals surface area contributed by atoms with Crippen molar-refractivity contribution in [2.24, 2.45) is 0 Å². The zero-order valence-electron chi connectivity index (χ0n) is 9.63. The van der Waals surface area contributed by atoms with Gasteiger partial charge in [-0.05, 0) is 38.0 Å². The third-order valence-electron chi connectivity index (χ3n) is 3.28. The van der Waals surface area contributed by atoms with Gasteiger partial charge in [0.1, 0.15) is 0 Å². The van der Waals surface area contributed by atoms with Gasteiger partial charge in [-0.15, -0.1) is 0 Å². The smallest absolute Gasteiger partial charge is 0.0982 e. The molecule has 14 heavy (non-hydrogen) atoms. The van der Waals surface area contributed by atoms with Crippen LogP contribution in [0.3, 0.4) is 0 Å². The first kappa shape index (κ1) is 9.38. The van der Waals surface area contributed by atoms with Crippen molar-refractivity contribution in [2.75, 3.05) is 23.9 Å². The summed E-state index contributed by atoms with van der Waals surface area (Å²) in [5, 5.41) is 0. The molecule has 2 heteroatoms. The Bertz CT molecular complexity index is 371. The van der Waals surface area contributed by atoms with Crippen LogP contribution in [0.1, 0.15) is 18.1 Å². The summed E-state index contributed by atoms with van der Waals surface area (Å²) in [6.07, 6.45) is 0.463. The molecule has 1 atom stereocenters. The molecule has 1 aromatic rings. The van der Waals surface area contributed by atoms with Crippen LogP contribution in [0.2, 0.25) is 0 Å². The maximum absolute atomic E-state index is 2.34. The Kier molecular flexibility index (Phi) is 1.95. The molecule has 2 nitrogen and oxygen atoms in total. The molecule has 0 aromatic heterocycles. The van der Waals surface area contributed by atoms with Crippen molar-refractivity contribution < 1.29 is 0 Å². The number of aryl methyl sites for hydroxylation is 2. The van der Waals surface area contributed by atoms with Crippen molar-refractivity contribution in [1.29, 1.82) is 0 Å². The van der Waals surface area contributed by atoms with Crippen LogP contribution in [0.5, 0.6) is 0 Å². The van der Waals surface area contributed by atoms with Crippen molar-refractivity contribution in [1.82, 2.24) is 0 Å². The van der Waals surface area contributed by atoms with E-state index in [-0.39, 0.29) is 0 Å². The normalized spacial score (nSPS) is 20.2. The van der Waals surface area contributed by atoms with E-state index in [1.165, 1.54) is 22.5 Å². The maximum Gasteiger partial charge on any atom is 0.0982 e. The molecule has 1 heterocycles. The van der Waals surface area contributed by atoms with E-state index < -0.39 is 0 Å². The second kappa shape index (κ2) is 2.91. The SMILES string of the molecule is Cc1cc(C)c2c(c1)N(C)C(C)N2C. The fourth-order valence-electron chi connectivity index (χ4n) is 2.31. The standard InChI is InChI=1S/C12H18N2/c1-8-6-9(2)12-11(7-8)13(4)10(3)14(12)5/h6-7,10H,1-5H3. The van der Waals surface area contributed by atoms with Gasteiger partial charge >= 0.3 is 0 Å². The first-order valence-electron chi connectivity index (χ1n) is 5.09. The summed E-state index contributed by atoms with van der Waals surface area (Å²) >= 11 is 0. The van der Waals surface area contributed by atoms with Crippen LogP contribution in [0.25, 0.3) is 0 Å². The van der Waals surface area contributed by atoms with Gasteiger partial charge in [-0.1, -0.05) is 6.07 Å². The van der Waals surface area contributed by atoms with E-state index in [0.29, 0.717) is 6.17 Å². The Morgan fingerprint density at radius 1 is 1.07 bits per heavy atom. The number of fused-ring (bicyclic) bond motifs is 1. The molecule has 1 aliphatic rings. The summed E-state index contributed by atoms with van der Waals surface area (Å²) in [5.41, 5.74) is 5.46. The highest BCUT2D eigenvalue weighted by Crippen LogP contribution is 2.40. The van der Waals surface area contributed by atoms with Crippen LogP contribution in [0, 0.1) is 13.8 Å². The molecule has 1 aliphatic heterocycles. The fourth-order valence-corrected chi connectivity index (χ4v) is 2.31. The summed E-state index contributed by atoms with van der Waals surface area (Å²) < 4.78 is 0. The second-order valence-electron chi connectivity index (χ2n) is 4.30. The monoisotopic (exact) mass is 190 g/mol. The summed E-state index contributed by atoms with van der Waals surface area (Å²) in [6.45, 7) is 6.58. The van der Waals surface area contributed by atoms with Gasteiger partial charge in [0.25, 0.3) is 0 Å². The Morgan fingerprint density at radius 3 is 2.36 bits per heavy atom. The largest absolute Gasteiger partial charge is 0.353 e. The molecule has 76 valence electrons. The molecule has 1 unspecified atom stereocenters. The maximum atomic E-state index is 2.34. The van der Waals surface area contributed by atoms with Gasteiger partial charge in [0.15, 0.2) is 0 Å². The highest BCUT2D eigenvalue weighted by Gasteiger charge is 2.28. The zero-order chi connectivity index (χ0) is 10.5. The molecule has 0 amide bonds. The third-order valence-corrected chi connectivity index (χ3v) is 3.28. The van der Waals surface area contributed by atoms with Crippen molar-refractivity contribution in [2.45, 2.75) is 26.9 Å². The Labute approximate surface area is 86.1 Å². The van der Waals surface area contributed by atoms with E-state index in [2.05, 4.69) is 56.8 Å². The molecular weight excluding hydrogens is 172 g/mol. The van der Waals surface area contributed by atoms with Gasteiger partial charge in [-0.25, -0.2) is 0 Å². The lowest BCUT2D eigenvalue weighted by Gasteiger charge is -2.23. The predicted octanol–water partition coefficient (Wildman–Crippen LogP) is 2.54. The number of rotatable bonds is 0. The van der Waals surface area contributed by atoms with Crippen molar-refractivity contribution in [3.8, 4) is 0 Å². The minimum atomic E-state index is 0.463. The molecule has 0 radical (unpaired) electrons. The van der Waals surface area contributed by atoms with Gasteiger partial charge in [-0.3, -0.25) is 0 Å². The lowest BCUT2D eigenvalue weighted by Crippen LogP contribution is -2.35. The van der Waals surface area contributed by atoms with E-state index in [4.69, 9.17) is 0 Å². The fraction of sp³-hybridized carbons (Fsp3) is 0.500. The summed E-state index contributed by atoms with van der Waals surface area (Å²) in [5.74, 6) is 0. The number of hydrogen-bond acceptors (Lipinski definition) is 2. The van der Waals surface area contributed by atoms with Gasteiger partial charge < -0.3 is 9.80 Å². The number of hydrogen-bond donors (Lipinski definition) is 0. The van der Waals surface area contributed by atoms with Crippen LogP contribution in [0.4, 0.5) is 11.4 Å². The number of anilines is 2. The Morgan fingerprint density at radius 2 is 1.71 bits per heavy atom. The lowest BCUT2D eigenvalue weighted by atomic mass is 10.1. The van der Waals surface area contributed by atoms with Crippen LogP contribution in [0.15, 0.2) is 12.1 Å². The van der Waals surface area contributed by atoms with Crippen LogP contribution >= 0.6 is 0 Å². The zero-order valence-corrected chi connectivity index (χ0v) is 9.63. The van der Waals surface area contributed by atoms with Crippen LogP contribution in [-0.2, 0) is 0 Å². The second-order valence-corrected chi connectivity index (χ2v) is 4.30. The van der Waals surface area contributed by atoms with Gasteiger partial charge in [-0.2, -0.15) is 0 Å². The van der Waals surface area contributed by atoms with Crippen molar-refractivity contribution in [3.63, 3.8) is 0 Å². The summed E-state index contributed by atoms with van der Waals surface area (Å²) in [6, 6.07) is 4.52. The minimum Gasteiger partial charge on any atom is -0.353 e. The molecule has 1 aromatic carbocycles. The van der Waals surface area contributed by atoms with E-state index in [9.17, 15) is 0 Å². The molecule has 2 rings (SSSR count). The Balaban J connectivity index is 2.63. The van der Waals surface area contributed by atoms with E-state index in [0.717, 1.165) is 0 Å². The molecule has 0 saturated carbocycles. The molecule has 0 bridgehead atoms. The topological polar surface area (TPSA) is 6.48 Å². The van der Waals surface area contributed by atoms with E-state index in [1.54, 1.807) is 0 Å². The lowest BCUT2D eigenvalue weighted by molar-refractivity contribution is 0.709. The summed E-state index contributed by atoms with van der Waals surface area (Å²) in [7, 11) is 4.32. The average molecular weight is 190 g/mol. The van der Waals surface area contributed by atoms with Gasteiger partial charge in [0.2, 0.25) is 0 Å². The van der Waals surface area contributed by atoms with Crippen molar-refractivity contribution in [3.05, 3.63) is 23.3 Å². The van der Waals surface area contributed by atoms with Crippen LogP contribution in [-0.4, -0.2) is 20.3 Å². The van der Waals surface area contributed by atoms with Crippen molar-refractivity contribution >= 4 is 11.4 Å². The van der Waals surface area contributed by atoms with E-state index >= 15 is 0 Å². The molecule has 0 saturated heterocycles. The minimum absolute atomic E-state index is 0.463. The molecule has 0 fully saturated rings. The van der Waals surface area contributed by atoms with Gasteiger partial charge in [0.05, 0.1) is 17.5 Å². The highest BCUT2D eigenvalue weighted by molar-refractivity contribution is 5.80. The molecule has 0 N–H and O–H groups in total. The third kappa shape index (κ3) is 1.10. The molecular formula is C12H18N2. The quantitative estimate of drug-likeness (QED) is 0.620. The number of nitrogens with zero attached hydrogens (tertiary/aromatic N) is 2. The highest BCUT2D eigenvalue weighted by atomic mass is 15.4. The van der Waals surface area contributed by atoms with Crippen LogP contribution < -0.4 is 9.80 Å². The molecule has 0 spiro atoms. The first-order valence-corrected chi connectivity index (χ1v) is 5.09. The number of benzene rings is 1. The Hall–Kier alpha value is -1.18. The summed E-state index contributed by atoms with van der Waals surface area (Å²) in [4.78, 5) is 4.67. The predicted molar refractivity (Wildman–Crippen MR) is 62.2 cm³/mol. The average Bonchev–Trinajstić information content (AvgIpc) is 2.31. The van der Waals surface area contributed by atoms with E-state index in [1.807, 2.05) is 0 Å². The van der Waals surface area contributed by atoms with Gasteiger partial charge in [0, 0.05) is 14.1 Å².